The summed E-state index contributed by atoms with van der Waals surface area (Å²) in [4.78, 5) is 16.5. The molecular weight excluding hydrogens is 346 g/mol. The molecule has 0 bridgehead atoms. The van der Waals surface area contributed by atoms with Crippen LogP contribution in [0.3, 0.4) is 0 Å². The average molecular weight is 365 g/mol. The summed E-state index contributed by atoms with van der Waals surface area (Å²) < 4.78 is 1.94. The zero-order valence-electron chi connectivity index (χ0n) is 14.4. The molecule has 1 N–H and O–H groups in total. The average Bonchev–Trinajstić information content (AvgIpc) is 3.06. The highest BCUT2D eigenvalue weighted by Gasteiger charge is 2.20. The van der Waals surface area contributed by atoms with E-state index in [0.29, 0.717) is 11.7 Å². The van der Waals surface area contributed by atoms with Gasteiger partial charge < -0.3 is 5.32 Å². The minimum Gasteiger partial charge on any atom is -0.325 e. The van der Waals surface area contributed by atoms with Crippen molar-refractivity contribution >= 4 is 23.4 Å². The second kappa shape index (κ2) is 8.44. The third-order valence-electron chi connectivity index (χ3n) is 3.66. The van der Waals surface area contributed by atoms with Crippen molar-refractivity contribution in [2.24, 2.45) is 0 Å². The van der Waals surface area contributed by atoms with E-state index in [9.17, 15) is 4.79 Å². The van der Waals surface area contributed by atoms with Crippen molar-refractivity contribution in [3.63, 3.8) is 0 Å². The van der Waals surface area contributed by atoms with Crippen molar-refractivity contribution in [3.05, 3.63) is 67.5 Å². The fraction of sp³-hybridized carbons (Fsp3) is 0.158. The largest absolute Gasteiger partial charge is 0.325 e. The molecule has 7 heteroatoms. The van der Waals surface area contributed by atoms with Crippen LogP contribution in [0.2, 0.25) is 0 Å². The highest BCUT2D eigenvalue weighted by atomic mass is 32.2. The van der Waals surface area contributed by atoms with Crippen LogP contribution in [0.4, 0.5) is 5.69 Å². The summed E-state index contributed by atoms with van der Waals surface area (Å²) in [6.45, 7) is 6.21. The molecule has 132 valence electrons. The van der Waals surface area contributed by atoms with Crippen LogP contribution in [0, 0.1) is 0 Å². The van der Waals surface area contributed by atoms with Crippen molar-refractivity contribution in [1.29, 1.82) is 0 Å². The van der Waals surface area contributed by atoms with Gasteiger partial charge in [0, 0.05) is 30.2 Å². The molecule has 2 heterocycles. The van der Waals surface area contributed by atoms with Gasteiger partial charge in [-0.25, -0.2) is 0 Å². The SMILES string of the molecule is C=CCn1c(SC(C)C(=O)Nc2ccccc2)nnc1-c1ccncc1. The van der Waals surface area contributed by atoms with Gasteiger partial charge in [0.15, 0.2) is 11.0 Å². The molecule has 1 aromatic carbocycles. The second-order valence-corrected chi connectivity index (χ2v) is 6.86. The van der Waals surface area contributed by atoms with Crippen LogP contribution in [-0.4, -0.2) is 30.9 Å². The van der Waals surface area contributed by atoms with E-state index in [1.165, 1.54) is 11.8 Å². The quantitative estimate of drug-likeness (QED) is 0.511. The molecule has 26 heavy (non-hydrogen) atoms. The number of pyridine rings is 1. The molecular formula is C19H19N5OS. The number of carbonyl (C=O) groups is 1. The Morgan fingerprint density at radius 3 is 2.65 bits per heavy atom. The molecule has 3 aromatic rings. The summed E-state index contributed by atoms with van der Waals surface area (Å²) in [5, 5.41) is 11.8. The maximum absolute atomic E-state index is 12.4. The molecule has 0 aliphatic carbocycles. The summed E-state index contributed by atoms with van der Waals surface area (Å²) in [7, 11) is 0. The Kier molecular flexibility index (Phi) is 5.80. The number of anilines is 1. The van der Waals surface area contributed by atoms with Crippen LogP contribution in [0.1, 0.15) is 6.92 Å². The van der Waals surface area contributed by atoms with Gasteiger partial charge in [-0.15, -0.1) is 16.8 Å². The fourth-order valence-electron chi connectivity index (χ4n) is 2.36. The minimum absolute atomic E-state index is 0.0835. The lowest BCUT2D eigenvalue weighted by Gasteiger charge is -2.13. The number of aromatic nitrogens is 4. The Morgan fingerprint density at radius 2 is 1.96 bits per heavy atom. The number of carbonyl (C=O) groups excluding carboxylic acids is 1. The maximum Gasteiger partial charge on any atom is 0.237 e. The van der Waals surface area contributed by atoms with Crippen LogP contribution in [0.25, 0.3) is 11.4 Å². The van der Waals surface area contributed by atoms with Crippen molar-refractivity contribution in [2.75, 3.05) is 5.32 Å². The van der Waals surface area contributed by atoms with E-state index in [1.54, 1.807) is 18.5 Å². The molecule has 0 saturated carbocycles. The minimum atomic E-state index is -0.326. The van der Waals surface area contributed by atoms with Crippen molar-refractivity contribution in [1.82, 2.24) is 19.7 Å². The van der Waals surface area contributed by atoms with Gasteiger partial charge in [0.2, 0.25) is 5.91 Å². The first-order valence-electron chi connectivity index (χ1n) is 8.16. The summed E-state index contributed by atoms with van der Waals surface area (Å²) in [5.74, 6) is 0.644. The van der Waals surface area contributed by atoms with Gasteiger partial charge in [-0.3, -0.25) is 14.3 Å². The first-order valence-corrected chi connectivity index (χ1v) is 9.04. The molecule has 3 rings (SSSR count). The number of allylic oxidation sites excluding steroid dienone is 1. The molecule has 0 saturated heterocycles. The smallest absolute Gasteiger partial charge is 0.237 e. The lowest BCUT2D eigenvalue weighted by Crippen LogP contribution is -2.22. The fourth-order valence-corrected chi connectivity index (χ4v) is 3.22. The number of thioether (sulfide) groups is 1. The molecule has 6 nitrogen and oxygen atoms in total. The first-order chi connectivity index (χ1) is 12.7. The molecule has 0 radical (unpaired) electrons. The molecule has 0 aliphatic heterocycles. The Bertz CT molecular complexity index is 879. The van der Waals surface area contributed by atoms with E-state index in [4.69, 9.17) is 0 Å². The zero-order valence-corrected chi connectivity index (χ0v) is 15.2. The Labute approximate surface area is 156 Å². The van der Waals surface area contributed by atoms with Gasteiger partial charge in [-0.1, -0.05) is 36.0 Å². The third-order valence-corrected chi connectivity index (χ3v) is 4.74. The van der Waals surface area contributed by atoms with E-state index >= 15 is 0 Å². The standard InChI is InChI=1S/C19H19N5OS/c1-3-13-24-17(15-9-11-20-12-10-15)22-23-19(24)26-14(2)18(25)21-16-7-5-4-6-8-16/h3-12,14H,1,13H2,2H3,(H,21,25). The van der Waals surface area contributed by atoms with Gasteiger partial charge in [-0.2, -0.15) is 0 Å². The molecule has 0 spiro atoms. The maximum atomic E-state index is 12.4. The van der Waals surface area contributed by atoms with E-state index in [2.05, 4.69) is 27.1 Å². The van der Waals surface area contributed by atoms with Crippen molar-refractivity contribution < 1.29 is 4.79 Å². The van der Waals surface area contributed by atoms with E-state index in [-0.39, 0.29) is 11.2 Å². The highest BCUT2D eigenvalue weighted by molar-refractivity contribution is 8.00. The number of para-hydroxylation sites is 1. The molecule has 1 amide bonds. The number of hydrogen-bond acceptors (Lipinski definition) is 5. The van der Waals surface area contributed by atoms with E-state index in [0.717, 1.165) is 17.1 Å². The Hall–Kier alpha value is -2.93. The van der Waals surface area contributed by atoms with Gasteiger partial charge >= 0.3 is 0 Å². The van der Waals surface area contributed by atoms with Crippen LogP contribution in [-0.2, 0) is 11.3 Å². The summed E-state index contributed by atoms with van der Waals surface area (Å²) in [5.41, 5.74) is 1.69. The molecule has 1 unspecified atom stereocenters. The van der Waals surface area contributed by atoms with Crippen LogP contribution >= 0.6 is 11.8 Å². The second-order valence-electron chi connectivity index (χ2n) is 5.56. The number of amides is 1. The summed E-state index contributed by atoms with van der Waals surface area (Å²) in [6, 6.07) is 13.2. The lowest BCUT2D eigenvalue weighted by atomic mass is 10.2. The Balaban J connectivity index is 1.77. The molecule has 0 fully saturated rings. The Morgan fingerprint density at radius 1 is 1.23 bits per heavy atom. The van der Waals surface area contributed by atoms with E-state index in [1.807, 2.05) is 54.0 Å². The van der Waals surface area contributed by atoms with Gasteiger partial charge in [0.05, 0.1) is 5.25 Å². The number of rotatable bonds is 7. The number of benzene rings is 1. The normalized spacial score (nSPS) is 11.7. The first kappa shape index (κ1) is 17.9. The van der Waals surface area contributed by atoms with E-state index < -0.39 is 0 Å². The van der Waals surface area contributed by atoms with Crippen molar-refractivity contribution in [3.8, 4) is 11.4 Å². The number of nitrogens with one attached hydrogen (secondary N) is 1. The summed E-state index contributed by atoms with van der Waals surface area (Å²) >= 11 is 1.37. The predicted octanol–water partition coefficient (Wildman–Crippen LogP) is 3.65. The van der Waals surface area contributed by atoms with Crippen LogP contribution < -0.4 is 5.32 Å². The van der Waals surface area contributed by atoms with Crippen LogP contribution in [0.5, 0.6) is 0 Å². The number of hydrogen-bond donors (Lipinski definition) is 1. The predicted molar refractivity (Wildman–Crippen MR) is 104 cm³/mol. The molecule has 2 aromatic heterocycles. The number of nitrogens with zero attached hydrogens (tertiary/aromatic N) is 4. The lowest BCUT2D eigenvalue weighted by molar-refractivity contribution is -0.115. The topological polar surface area (TPSA) is 72.7 Å². The molecule has 0 aliphatic rings. The monoisotopic (exact) mass is 365 g/mol. The third kappa shape index (κ3) is 4.18. The van der Waals surface area contributed by atoms with Gasteiger partial charge in [-0.05, 0) is 31.2 Å². The van der Waals surface area contributed by atoms with Gasteiger partial charge in [0.1, 0.15) is 0 Å². The van der Waals surface area contributed by atoms with Crippen LogP contribution in [0.15, 0.2) is 72.7 Å². The highest BCUT2D eigenvalue weighted by Crippen LogP contribution is 2.27. The van der Waals surface area contributed by atoms with Crippen molar-refractivity contribution in [2.45, 2.75) is 23.9 Å². The summed E-state index contributed by atoms with van der Waals surface area (Å²) in [6.07, 6.45) is 5.21. The van der Waals surface area contributed by atoms with Gasteiger partial charge in [0.25, 0.3) is 0 Å². The molecule has 1 atom stereocenters. The zero-order chi connectivity index (χ0) is 18.4.